The summed E-state index contributed by atoms with van der Waals surface area (Å²) in [4.78, 5) is 25.6. The van der Waals surface area contributed by atoms with Crippen molar-refractivity contribution < 1.29 is 19.8 Å². The van der Waals surface area contributed by atoms with Crippen LogP contribution in [-0.2, 0) is 9.59 Å². The van der Waals surface area contributed by atoms with Crippen LogP contribution in [0.1, 0.15) is 63.5 Å². The lowest BCUT2D eigenvalue weighted by Crippen LogP contribution is -2.46. The molecule has 0 unspecified atom stereocenters. The first-order valence-corrected chi connectivity index (χ1v) is 9.94. The smallest absolute Gasteiger partial charge is 0.220 e. The molecule has 1 saturated heterocycles. The molecule has 1 aromatic carbocycles. The summed E-state index contributed by atoms with van der Waals surface area (Å²) in [5.41, 5.74) is 0.679. The number of aliphatic hydroxyl groups excluding tert-OH is 1. The van der Waals surface area contributed by atoms with Gasteiger partial charge in [-0.3, -0.25) is 4.79 Å². The molecule has 1 amide bonds. The van der Waals surface area contributed by atoms with Crippen LogP contribution in [0.15, 0.2) is 24.3 Å². The van der Waals surface area contributed by atoms with Gasteiger partial charge in [-0.25, -0.2) is 0 Å². The highest BCUT2D eigenvalue weighted by Gasteiger charge is 2.26. The Morgan fingerprint density at radius 2 is 1.70 bits per heavy atom. The number of nitrogens with zero attached hydrogens (tertiary/aromatic N) is 1. The SMILES string of the molecule is CC(=O)CCCCCC(=O)N[C@H](CN1CCCC1)[C@H](O)c1ccc(O)cc1. The van der Waals surface area contributed by atoms with Gasteiger partial charge in [0.15, 0.2) is 0 Å². The Hall–Kier alpha value is -1.92. The van der Waals surface area contributed by atoms with E-state index in [1.165, 1.54) is 0 Å². The van der Waals surface area contributed by atoms with Crippen molar-refractivity contribution in [3.8, 4) is 5.75 Å². The maximum Gasteiger partial charge on any atom is 0.220 e. The van der Waals surface area contributed by atoms with Gasteiger partial charge in [0.2, 0.25) is 5.91 Å². The van der Waals surface area contributed by atoms with Crippen LogP contribution >= 0.6 is 0 Å². The molecule has 6 nitrogen and oxygen atoms in total. The third-order valence-electron chi connectivity index (χ3n) is 5.05. The number of hydrogen-bond acceptors (Lipinski definition) is 5. The van der Waals surface area contributed by atoms with E-state index in [4.69, 9.17) is 0 Å². The van der Waals surface area contributed by atoms with Crippen molar-refractivity contribution in [2.24, 2.45) is 0 Å². The Balaban J connectivity index is 1.89. The minimum absolute atomic E-state index is 0.0696. The third-order valence-corrected chi connectivity index (χ3v) is 5.05. The predicted octanol–water partition coefficient (Wildman–Crippen LogP) is 2.55. The van der Waals surface area contributed by atoms with Crippen LogP contribution < -0.4 is 5.32 Å². The van der Waals surface area contributed by atoms with Gasteiger partial charge in [0.1, 0.15) is 17.6 Å². The van der Waals surface area contributed by atoms with Crippen molar-refractivity contribution in [2.75, 3.05) is 19.6 Å². The highest BCUT2D eigenvalue weighted by molar-refractivity contribution is 5.76. The van der Waals surface area contributed by atoms with Gasteiger partial charge >= 0.3 is 0 Å². The summed E-state index contributed by atoms with van der Waals surface area (Å²) >= 11 is 0. The molecule has 0 aromatic heterocycles. The Morgan fingerprint density at radius 3 is 2.33 bits per heavy atom. The molecule has 1 aromatic rings. The maximum absolute atomic E-state index is 12.4. The molecule has 0 saturated carbocycles. The number of nitrogens with one attached hydrogen (secondary N) is 1. The summed E-state index contributed by atoms with van der Waals surface area (Å²) in [6, 6.07) is 6.07. The van der Waals surface area contributed by atoms with Gasteiger partial charge in [-0.05, 0) is 63.4 Å². The fourth-order valence-corrected chi connectivity index (χ4v) is 3.49. The molecule has 1 aliphatic heterocycles. The number of carbonyl (C=O) groups is 2. The van der Waals surface area contributed by atoms with Crippen molar-refractivity contribution in [3.05, 3.63) is 29.8 Å². The number of hydrogen-bond donors (Lipinski definition) is 3. The fraction of sp³-hybridized carbons (Fsp3) is 0.619. The molecule has 0 spiro atoms. The number of carbonyl (C=O) groups excluding carboxylic acids is 2. The standard InChI is InChI=1S/C21H32N2O4/c1-16(24)7-3-2-4-8-20(26)22-19(15-23-13-5-6-14-23)21(27)17-9-11-18(25)12-10-17/h9-12,19,21,25,27H,2-8,13-15H2,1H3,(H,22,26)/t19-,21-/m1/s1. The molecule has 2 atom stereocenters. The normalized spacial score (nSPS) is 16.8. The summed E-state index contributed by atoms with van der Waals surface area (Å²) in [7, 11) is 0. The van der Waals surface area contributed by atoms with Crippen LogP contribution in [0.2, 0.25) is 0 Å². The molecule has 2 rings (SSSR count). The summed E-state index contributed by atoms with van der Waals surface area (Å²) < 4.78 is 0. The summed E-state index contributed by atoms with van der Waals surface area (Å²) in [6.45, 7) is 4.16. The van der Waals surface area contributed by atoms with Crippen LogP contribution in [0, 0.1) is 0 Å². The lowest BCUT2D eigenvalue weighted by molar-refractivity contribution is -0.123. The van der Waals surface area contributed by atoms with E-state index in [-0.39, 0.29) is 17.4 Å². The number of unbranched alkanes of at least 4 members (excludes halogenated alkanes) is 2. The number of ketones is 1. The zero-order valence-electron chi connectivity index (χ0n) is 16.2. The Kier molecular flexibility index (Phi) is 8.75. The molecule has 27 heavy (non-hydrogen) atoms. The predicted molar refractivity (Wildman–Crippen MR) is 104 cm³/mol. The average Bonchev–Trinajstić information content (AvgIpc) is 3.14. The lowest BCUT2D eigenvalue weighted by Gasteiger charge is -2.28. The highest BCUT2D eigenvalue weighted by Crippen LogP contribution is 2.22. The molecule has 6 heteroatoms. The monoisotopic (exact) mass is 376 g/mol. The Morgan fingerprint density at radius 1 is 1.07 bits per heavy atom. The minimum atomic E-state index is -0.826. The van der Waals surface area contributed by atoms with Crippen LogP contribution in [0.5, 0.6) is 5.75 Å². The second-order valence-corrected chi connectivity index (χ2v) is 7.48. The van der Waals surface area contributed by atoms with E-state index >= 15 is 0 Å². The Bertz CT molecular complexity index is 597. The summed E-state index contributed by atoms with van der Waals surface area (Å²) in [6.07, 6.45) is 4.84. The number of aliphatic hydroxyl groups is 1. The largest absolute Gasteiger partial charge is 0.508 e. The number of phenolic OH excluding ortho intramolecular Hbond substituents is 1. The van der Waals surface area contributed by atoms with Gasteiger partial charge in [0.25, 0.3) is 0 Å². The van der Waals surface area contributed by atoms with E-state index in [2.05, 4.69) is 10.2 Å². The Labute approximate surface area is 161 Å². The number of Topliss-reactive ketones (excluding diaryl/α,β-unsaturated/α-hetero) is 1. The van der Waals surface area contributed by atoms with E-state index in [1.54, 1.807) is 31.2 Å². The first kappa shape index (κ1) is 21.4. The van der Waals surface area contributed by atoms with Gasteiger partial charge < -0.3 is 25.2 Å². The van der Waals surface area contributed by atoms with Gasteiger partial charge in [-0.2, -0.15) is 0 Å². The number of phenols is 1. The molecule has 3 N–H and O–H groups in total. The first-order chi connectivity index (χ1) is 13.0. The number of rotatable bonds is 11. The van der Waals surface area contributed by atoms with Gasteiger partial charge in [-0.1, -0.05) is 18.6 Å². The number of likely N-dealkylation sites (tertiary alicyclic amines) is 1. The van der Waals surface area contributed by atoms with E-state index in [9.17, 15) is 19.8 Å². The van der Waals surface area contributed by atoms with Gasteiger partial charge in [0.05, 0.1) is 6.04 Å². The van der Waals surface area contributed by atoms with E-state index in [0.29, 0.717) is 24.9 Å². The van der Waals surface area contributed by atoms with Crippen molar-refractivity contribution >= 4 is 11.7 Å². The number of amides is 1. The summed E-state index contributed by atoms with van der Waals surface area (Å²) in [5.74, 6) is 0.263. The van der Waals surface area contributed by atoms with Crippen molar-refractivity contribution in [2.45, 2.75) is 64.0 Å². The van der Waals surface area contributed by atoms with Crippen LogP contribution in [0.3, 0.4) is 0 Å². The highest BCUT2D eigenvalue weighted by atomic mass is 16.3. The number of benzene rings is 1. The molecule has 0 bridgehead atoms. The zero-order valence-corrected chi connectivity index (χ0v) is 16.2. The molecule has 0 aliphatic carbocycles. The fourth-order valence-electron chi connectivity index (χ4n) is 3.49. The van der Waals surface area contributed by atoms with Gasteiger partial charge in [0, 0.05) is 19.4 Å². The average molecular weight is 376 g/mol. The topological polar surface area (TPSA) is 89.9 Å². The van der Waals surface area contributed by atoms with Crippen LogP contribution in [-0.4, -0.2) is 52.5 Å². The quantitative estimate of drug-likeness (QED) is 0.517. The first-order valence-electron chi connectivity index (χ1n) is 9.94. The molecular formula is C21H32N2O4. The molecule has 1 heterocycles. The van der Waals surface area contributed by atoms with E-state index in [0.717, 1.165) is 45.2 Å². The van der Waals surface area contributed by atoms with Crippen LogP contribution in [0.4, 0.5) is 0 Å². The molecule has 1 fully saturated rings. The van der Waals surface area contributed by atoms with Crippen LogP contribution in [0.25, 0.3) is 0 Å². The van der Waals surface area contributed by atoms with E-state index in [1.807, 2.05) is 0 Å². The van der Waals surface area contributed by atoms with Crippen molar-refractivity contribution in [1.29, 1.82) is 0 Å². The second-order valence-electron chi connectivity index (χ2n) is 7.48. The van der Waals surface area contributed by atoms with E-state index < -0.39 is 12.1 Å². The lowest BCUT2D eigenvalue weighted by atomic mass is 10.0. The zero-order chi connectivity index (χ0) is 19.6. The number of aromatic hydroxyl groups is 1. The van der Waals surface area contributed by atoms with Gasteiger partial charge in [-0.15, -0.1) is 0 Å². The molecular weight excluding hydrogens is 344 g/mol. The van der Waals surface area contributed by atoms with Crippen molar-refractivity contribution in [3.63, 3.8) is 0 Å². The molecule has 0 radical (unpaired) electrons. The third kappa shape index (κ3) is 7.69. The minimum Gasteiger partial charge on any atom is -0.508 e. The molecule has 150 valence electrons. The van der Waals surface area contributed by atoms with Crippen molar-refractivity contribution in [1.82, 2.24) is 10.2 Å². The second kappa shape index (κ2) is 11.0. The molecule has 1 aliphatic rings. The maximum atomic E-state index is 12.4. The summed E-state index contributed by atoms with van der Waals surface area (Å²) in [5, 5.41) is 23.2.